The summed E-state index contributed by atoms with van der Waals surface area (Å²) in [6.45, 7) is 8.96. The number of alkyl carbamates (subject to hydrolysis) is 1. The Hall–Kier alpha value is -2.28. The number of carbonyl (C=O) groups is 2. The van der Waals surface area contributed by atoms with Crippen LogP contribution in [0.15, 0.2) is 30.3 Å². The summed E-state index contributed by atoms with van der Waals surface area (Å²) in [7, 11) is 0. The average Bonchev–Trinajstić information content (AvgIpc) is 2.71. The van der Waals surface area contributed by atoms with Crippen molar-refractivity contribution in [3.63, 3.8) is 0 Å². The van der Waals surface area contributed by atoms with E-state index >= 15 is 0 Å². The zero-order valence-electron chi connectivity index (χ0n) is 18.4. The molecule has 0 bridgehead atoms. The molecule has 1 saturated carbocycles. The molecule has 166 valence electrons. The number of nitrogens with one attached hydrogen (secondary N) is 1. The summed E-state index contributed by atoms with van der Waals surface area (Å²) in [6, 6.07) is 10.3. The van der Waals surface area contributed by atoms with Gasteiger partial charge in [0.1, 0.15) is 12.2 Å². The number of hydrogen-bond acceptors (Lipinski definition) is 5. The molecule has 2 aliphatic rings. The summed E-state index contributed by atoms with van der Waals surface area (Å²) in [4.78, 5) is 28.7. The molecule has 0 radical (unpaired) electrons. The normalized spacial score (nSPS) is 23.0. The van der Waals surface area contributed by atoms with Gasteiger partial charge in [0.05, 0.1) is 0 Å². The second kappa shape index (κ2) is 10.2. The van der Waals surface area contributed by atoms with Gasteiger partial charge in [-0.3, -0.25) is 4.90 Å². The van der Waals surface area contributed by atoms with E-state index in [1.54, 1.807) is 4.90 Å². The molecule has 1 aliphatic carbocycles. The van der Waals surface area contributed by atoms with Gasteiger partial charge in [0.15, 0.2) is 0 Å². The van der Waals surface area contributed by atoms with Gasteiger partial charge in [-0.25, -0.2) is 9.59 Å². The van der Waals surface area contributed by atoms with Crippen molar-refractivity contribution in [2.45, 2.75) is 70.7 Å². The molecule has 7 nitrogen and oxygen atoms in total. The average molecular weight is 418 g/mol. The van der Waals surface area contributed by atoms with Gasteiger partial charge in [-0.15, -0.1) is 0 Å². The maximum Gasteiger partial charge on any atom is 0.410 e. The van der Waals surface area contributed by atoms with E-state index in [1.165, 1.54) is 0 Å². The summed E-state index contributed by atoms with van der Waals surface area (Å²) in [5.41, 5.74) is 0.513. The molecule has 3 rings (SSSR count). The quantitative estimate of drug-likeness (QED) is 0.807. The van der Waals surface area contributed by atoms with Crippen molar-refractivity contribution in [2.24, 2.45) is 0 Å². The molecule has 0 unspecified atom stereocenters. The SMILES string of the molecule is CC(C)(C)OC(=O)N[C@@H]1CCC[C@H](N2CCN(C(=O)OCc3ccccc3)CC2)C1. The highest BCUT2D eigenvalue weighted by Crippen LogP contribution is 2.25. The molecule has 7 heteroatoms. The first-order valence-electron chi connectivity index (χ1n) is 11.0. The van der Waals surface area contributed by atoms with Gasteiger partial charge in [-0.1, -0.05) is 30.3 Å². The topological polar surface area (TPSA) is 71.1 Å². The highest BCUT2D eigenvalue weighted by atomic mass is 16.6. The number of amides is 2. The number of ether oxygens (including phenoxy) is 2. The maximum atomic E-state index is 12.4. The Kier molecular flexibility index (Phi) is 7.58. The van der Waals surface area contributed by atoms with Crippen molar-refractivity contribution >= 4 is 12.2 Å². The lowest BCUT2D eigenvalue weighted by Crippen LogP contribution is -2.54. The minimum absolute atomic E-state index is 0.146. The fraction of sp³-hybridized carbons (Fsp3) is 0.652. The van der Waals surface area contributed by atoms with Gasteiger partial charge in [0.2, 0.25) is 0 Å². The fourth-order valence-corrected chi connectivity index (χ4v) is 4.18. The molecule has 0 aromatic heterocycles. The van der Waals surface area contributed by atoms with Crippen LogP contribution in [-0.2, 0) is 16.1 Å². The lowest BCUT2D eigenvalue weighted by atomic mass is 9.89. The molecule has 2 atom stereocenters. The molecule has 1 heterocycles. The molecule has 1 aromatic rings. The molecule has 30 heavy (non-hydrogen) atoms. The van der Waals surface area contributed by atoms with E-state index in [0.717, 1.165) is 44.3 Å². The molecule has 1 aliphatic heterocycles. The number of rotatable bonds is 4. The van der Waals surface area contributed by atoms with Crippen molar-refractivity contribution in [1.82, 2.24) is 15.1 Å². The van der Waals surface area contributed by atoms with Crippen molar-refractivity contribution in [3.05, 3.63) is 35.9 Å². The van der Waals surface area contributed by atoms with Crippen LogP contribution in [0.3, 0.4) is 0 Å². The highest BCUT2D eigenvalue weighted by Gasteiger charge is 2.31. The summed E-state index contributed by atoms with van der Waals surface area (Å²) in [6.07, 6.45) is 3.56. The van der Waals surface area contributed by atoms with Crippen LogP contribution in [0.2, 0.25) is 0 Å². The number of carbonyl (C=O) groups excluding carboxylic acids is 2. The summed E-state index contributed by atoms with van der Waals surface area (Å²) in [5, 5.41) is 3.03. The van der Waals surface area contributed by atoms with E-state index < -0.39 is 5.60 Å². The number of nitrogens with zero attached hydrogens (tertiary/aromatic N) is 2. The Labute approximate surface area is 179 Å². The van der Waals surface area contributed by atoms with Gasteiger partial charge in [-0.2, -0.15) is 0 Å². The van der Waals surface area contributed by atoms with Crippen LogP contribution >= 0.6 is 0 Å². The predicted molar refractivity (Wildman–Crippen MR) is 115 cm³/mol. The molecular formula is C23H35N3O4. The summed E-state index contributed by atoms with van der Waals surface area (Å²) < 4.78 is 10.9. The van der Waals surface area contributed by atoms with Crippen LogP contribution in [0.1, 0.15) is 52.0 Å². The molecule has 1 aromatic carbocycles. The first-order valence-corrected chi connectivity index (χ1v) is 11.0. The molecular weight excluding hydrogens is 382 g/mol. The Morgan fingerprint density at radius 3 is 2.43 bits per heavy atom. The number of benzene rings is 1. The lowest BCUT2D eigenvalue weighted by molar-refractivity contribution is 0.0390. The molecule has 2 amide bonds. The Bertz CT molecular complexity index is 696. The second-order valence-electron chi connectivity index (χ2n) is 9.23. The Morgan fingerprint density at radius 1 is 1.07 bits per heavy atom. The Morgan fingerprint density at radius 2 is 1.77 bits per heavy atom. The first kappa shape index (κ1) is 22.4. The van der Waals surface area contributed by atoms with E-state index in [4.69, 9.17) is 9.47 Å². The fourth-order valence-electron chi connectivity index (χ4n) is 4.18. The van der Waals surface area contributed by atoms with E-state index in [2.05, 4.69) is 10.2 Å². The molecule has 0 spiro atoms. The standard InChI is InChI=1S/C23H35N3O4/c1-23(2,3)30-21(27)24-19-10-7-11-20(16-19)25-12-14-26(15-13-25)22(28)29-17-18-8-5-4-6-9-18/h4-6,8-9,19-20H,7,10-17H2,1-3H3,(H,24,27)/t19-,20+/m1/s1. The third-order valence-electron chi connectivity index (χ3n) is 5.66. The van der Waals surface area contributed by atoms with Crippen LogP contribution in [-0.4, -0.2) is 65.9 Å². The molecule has 1 N–H and O–H groups in total. The first-order chi connectivity index (χ1) is 14.3. The monoisotopic (exact) mass is 417 g/mol. The van der Waals surface area contributed by atoms with E-state index in [9.17, 15) is 9.59 Å². The maximum absolute atomic E-state index is 12.4. The van der Waals surface area contributed by atoms with Crippen LogP contribution in [0.25, 0.3) is 0 Å². The van der Waals surface area contributed by atoms with Crippen molar-refractivity contribution < 1.29 is 19.1 Å². The van der Waals surface area contributed by atoms with E-state index in [-0.39, 0.29) is 18.2 Å². The van der Waals surface area contributed by atoms with Crippen molar-refractivity contribution in [3.8, 4) is 0 Å². The zero-order valence-corrected chi connectivity index (χ0v) is 18.4. The van der Waals surface area contributed by atoms with Crippen LogP contribution in [0.5, 0.6) is 0 Å². The molecule has 1 saturated heterocycles. The second-order valence-corrected chi connectivity index (χ2v) is 9.23. The van der Waals surface area contributed by atoms with Crippen LogP contribution in [0, 0.1) is 0 Å². The Balaban J connectivity index is 1.40. The predicted octanol–water partition coefficient (Wildman–Crippen LogP) is 3.78. The third-order valence-corrected chi connectivity index (χ3v) is 5.66. The van der Waals surface area contributed by atoms with Crippen LogP contribution < -0.4 is 5.32 Å². The van der Waals surface area contributed by atoms with Gasteiger partial charge in [-0.05, 0) is 52.0 Å². The van der Waals surface area contributed by atoms with Crippen LogP contribution in [0.4, 0.5) is 9.59 Å². The summed E-state index contributed by atoms with van der Waals surface area (Å²) in [5.74, 6) is 0. The number of piperazine rings is 1. The minimum Gasteiger partial charge on any atom is -0.445 e. The van der Waals surface area contributed by atoms with Gasteiger partial charge >= 0.3 is 12.2 Å². The van der Waals surface area contributed by atoms with Gasteiger partial charge in [0, 0.05) is 38.3 Å². The lowest BCUT2D eigenvalue weighted by Gasteiger charge is -2.42. The zero-order chi connectivity index (χ0) is 21.6. The summed E-state index contributed by atoms with van der Waals surface area (Å²) >= 11 is 0. The van der Waals surface area contributed by atoms with E-state index in [1.807, 2.05) is 51.1 Å². The molecule has 2 fully saturated rings. The minimum atomic E-state index is -0.483. The van der Waals surface area contributed by atoms with Crippen molar-refractivity contribution in [2.75, 3.05) is 26.2 Å². The number of hydrogen-bond donors (Lipinski definition) is 1. The van der Waals surface area contributed by atoms with Crippen molar-refractivity contribution in [1.29, 1.82) is 0 Å². The third kappa shape index (κ3) is 6.90. The van der Waals surface area contributed by atoms with Gasteiger partial charge < -0.3 is 19.7 Å². The largest absolute Gasteiger partial charge is 0.445 e. The van der Waals surface area contributed by atoms with E-state index in [0.29, 0.717) is 25.7 Å². The van der Waals surface area contributed by atoms with Gasteiger partial charge in [0.25, 0.3) is 0 Å². The smallest absolute Gasteiger partial charge is 0.410 e. The highest BCUT2D eigenvalue weighted by molar-refractivity contribution is 5.68.